The highest BCUT2D eigenvalue weighted by Gasteiger charge is 2.14. The van der Waals surface area contributed by atoms with E-state index in [4.69, 9.17) is 4.74 Å². The molecule has 0 fully saturated rings. The number of hydrogen-bond donors (Lipinski definition) is 2. The van der Waals surface area contributed by atoms with E-state index in [1.807, 2.05) is 45.0 Å². The minimum absolute atomic E-state index is 0.180. The predicted octanol–water partition coefficient (Wildman–Crippen LogP) is 1.79. The number of hydrogen-bond acceptors (Lipinski definition) is 3. The van der Waals surface area contributed by atoms with Crippen LogP contribution in [-0.4, -0.2) is 18.1 Å². The average Bonchev–Trinajstić information content (AvgIpc) is 2.25. The van der Waals surface area contributed by atoms with Crippen LogP contribution in [0.1, 0.15) is 26.3 Å². The van der Waals surface area contributed by atoms with E-state index >= 15 is 0 Å². The summed E-state index contributed by atoms with van der Waals surface area (Å²) in [5.41, 5.74) is 6.55. The lowest BCUT2D eigenvalue weighted by molar-refractivity contribution is -0.128. The van der Waals surface area contributed by atoms with Gasteiger partial charge in [0.2, 0.25) is 0 Å². The third-order valence-corrected chi connectivity index (χ3v) is 2.16. The number of aryl methyl sites for hydroxylation is 1. The first kappa shape index (κ1) is 13.5. The predicted molar refractivity (Wildman–Crippen MR) is 67.7 cm³/mol. The van der Waals surface area contributed by atoms with Gasteiger partial charge in [-0.05, 0) is 45.4 Å². The summed E-state index contributed by atoms with van der Waals surface area (Å²) in [6.07, 6.45) is -0.525. The number of benzene rings is 1. The molecule has 1 atom stereocenters. The van der Waals surface area contributed by atoms with E-state index in [-0.39, 0.29) is 11.9 Å². The van der Waals surface area contributed by atoms with Crippen molar-refractivity contribution in [1.29, 1.82) is 0 Å². The molecule has 0 radical (unpaired) electrons. The summed E-state index contributed by atoms with van der Waals surface area (Å²) in [6, 6.07) is 7.83. The average molecular weight is 236 g/mol. The van der Waals surface area contributed by atoms with Crippen molar-refractivity contribution in [2.45, 2.75) is 39.8 Å². The minimum atomic E-state index is -0.525. The summed E-state index contributed by atoms with van der Waals surface area (Å²) < 4.78 is 5.54. The van der Waals surface area contributed by atoms with Crippen LogP contribution >= 0.6 is 0 Å². The van der Waals surface area contributed by atoms with Gasteiger partial charge in [-0.3, -0.25) is 10.2 Å². The van der Waals surface area contributed by atoms with Gasteiger partial charge in [-0.25, -0.2) is 5.43 Å². The first-order valence-electron chi connectivity index (χ1n) is 5.77. The standard InChI is InChI=1S/C13H20N2O2/c1-9(2)14-15-13(16)11(4)17-12-7-5-6-10(3)8-12/h5-9,11,14H,1-4H3,(H,15,16). The van der Waals surface area contributed by atoms with Gasteiger partial charge in [0.1, 0.15) is 5.75 Å². The molecule has 94 valence electrons. The Hall–Kier alpha value is -1.55. The molecule has 0 aliphatic carbocycles. The fraction of sp³-hybridized carbons (Fsp3) is 0.462. The van der Waals surface area contributed by atoms with Crippen LogP contribution < -0.4 is 15.6 Å². The molecule has 1 rings (SSSR count). The summed E-state index contributed by atoms with van der Waals surface area (Å²) in [4.78, 5) is 11.6. The Labute approximate surface area is 102 Å². The number of ether oxygens (including phenoxy) is 1. The van der Waals surface area contributed by atoms with E-state index in [0.29, 0.717) is 5.75 Å². The molecule has 17 heavy (non-hydrogen) atoms. The van der Waals surface area contributed by atoms with Crippen LogP contribution in [0.5, 0.6) is 5.75 Å². The fourth-order valence-electron chi connectivity index (χ4n) is 1.26. The molecule has 0 heterocycles. The molecule has 1 aromatic carbocycles. The molecule has 1 aromatic rings. The Kier molecular flexibility index (Phi) is 4.97. The zero-order valence-corrected chi connectivity index (χ0v) is 10.8. The Bertz CT molecular complexity index is 377. The molecular formula is C13H20N2O2. The lowest BCUT2D eigenvalue weighted by Crippen LogP contribution is -2.47. The number of amides is 1. The highest BCUT2D eigenvalue weighted by molar-refractivity contribution is 5.80. The summed E-state index contributed by atoms with van der Waals surface area (Å²) in [6.45, 7) is 7.61. The van der Waals surface area contributed by atoms with Gasteiger partial charge >= 0.3 is 0 Å². The summed E-state index contributed by atoms with van der Waals surface area (Å²) in [5.74, 6) is 0.525. The molecule has 0 aliphatic rings. The van der Waals surface area contributed by atoms with Gasteiger partial charge in [-0.15, -0.1) is 0 Å². The number of hydrazine groups is 1. The molecule has 2 N–H and O–H groups in total. The number of carbonyl (C=O) groups is 1. The smallest absolute Gasteiger partial charge is 0.274 e. The summed E-state index contributed by atoms with van der Waals surface area (Å²) >= 11 is 0. The second kappa shape index (κ2) is 6.25. The van der Waals surface area contributed by atoms with Gasteiger partial charge in [0, 0.05) is 6.04 Å². The fourth-order valence-corrected chi connectivity index (χ4v) is 1.26. The highest BCUT2D eigenvalue weighted by Crippen LogP contribution is 2.13. The van der Waals surface area contributed by atoms with E-state index in [9.17, 15) is 4.79 Å². The molecule has 0 aliphatic heterocycles. The molecule has 1 amide bonds. The van der Waals surface area contributed by atoms with Crippen LogP contribution in [0.2, 0.25) is 0 Å². The van der Waals surface area contributed by atoms with Gasteiger partial charge in [0.05, 0.1) is 0 Å². The van der Waals surface area contributed by atoms with Crippen LogP contribution in [0.3, 0.4) is 0 Å². The van der Waals surface area contributed by atoms with Crippen molar-refractivity contribution < 1.29 is 9.53 Å². The SMILES string of the molecule is Cc1cccc(OC(C)C(=O)NNC(C)C)c1. The molecular weight excluding hydrogens is 216 g/mol. The summed E-state index contributed by atoms with van der Waals surface area (Å²) in [7, 11) is 0. The van der Waals surface area contributed by atoms with E-state index in [1.165, 1.54) is 0 Å². The normalized spacial score (nSPS) is 12.3. The quantitative estimate of drug-likeness (QED) is 0.766. The number of nitrogens with one attached hydrogen (secondary N) is 2. The lowest BCUT2D eigenvalue weighted by Gasteiger charge is -2.16. The first-order chi connectivity index (χ1) is 7.99. The van der Waals surface area contributed by atoms with E-state index in [1.54, 1.807) is 6.92 Å². The lowest BCUT2D eigenvalue weighted by atomic mass is 10.2. The van der Waals surface area contributed by atoms with Crippen molar-refractivity contribution in [1.82, 2.24) is 10.9 Å². The van der Waals surface area contributed by atoms with Crippen LogP contribution in [0.4, 0.5) is 0 Å². The Morgan fingerprint density at radius 2 is 2.00 bits per heavy atom. The van der Waals surface area contributed by atoms with Gasteiger partial charge in [0.25, 0.3) is 5.91 Å². The van der Waals surface area contributed by atoms with Crippen molar-refractivity contribution in [2.75, 3.05) is 0 Å². The molecule has 0 spiro atoms. The summed E-state index contributed by atoms with van der Waals surface area (Å²) in [5, 5.41) is 0. The third kappa shape index (κ3) is 4.87. The maximum absolute atomic E-state index is 11.6. The molecule has 0 saturated carbocycles. The van der Waals surface area contributed by atoms with Crippen LogP contribution in [0, 0.1) is 6.92 Å². The zero-order chi connectivity index (χ0) is 12.8. The second-order valence-corrected chi connectivity index (χ2v) is 4.36. The Morgan fingerprint density at radius 1 is 1.29 bits per heavy atom. The van der Waals surface area contributed by atoms with Crippen LogP contribution in [0.25, 0.3) is 0 Å². The molecule has 0 aromatic heterocycles. The maximum Gasteiger partial charge on any atom is 0.274 e. The second-order valence-electron chi connectivity index (χ2n) is 4.36. The number of rotatable bonds is 5. The molecule has 4 heteroatoms. The highest BCUT2D eigenvalue weighted by atomic mass is 16.5. The van der Waals surface area contributed by atoms with Crippen molar-refractivity contribution in [3.63, 3.8) is 0 Å². The van der Waals surface area contributed by atoms with E-state index in [0.717, 1.165) is 5.56 Å². The maximum atomic E-state index is 11.6. The molecule has 1 unspecified atom stereocenters. The third-order valence-electron chi connectivity index (χ3n) is 2.16. The van der Waals surface area contributed by atoms with Crippen molar-refractivity contribution in [3.8, 4) is 5.75 Å². The van der Waals surface area contributed by atoms with Gasteiger partial charge in [-0.2, -0.15) is 0 Å². The van der Waals surface area contributed by atoms with Crippen molar-refractivity contribution >= 4 is 5.91 Å². The van der Waals surface area contributed by atoms with Gasteiger partial charge in [-0.1, -0.05) is 12.1 Å². The van der Waals surface area contributed by atoms with Gasteiger partial charge < -0.3 is 4.74 Å². The van der Waals surface area contributed by atoms with Crippen molar-refractivity contribution in [3.05, 3.63) is 29.8 Å². The Morgan fingerprint density at radius 3 is 2.59 bits per heavy atom. The topological polar surface area (TPSA) is 50.4 Å². The molecule has 0 bridgehead atoms. The minimum Gasteiger partial charge on any atom is -0.481 e. The van der Waals surface area contributed by atoms with E-state index in [2.05, 4.69) is 10.9 Å². The largest absolute Gasteiger partial charge is 0.481 e. The van der Waals surface area contributed by atoms with Gasteiger partial charge in [0.15, 0.2) is 6.10 Å². The van der Waals surface area contributed by atoms with E-state index < -0.39 is 6.10 Å². The Balaban J connectivity index is 2.48. The molecule has 0 saturated heterocycles. The van der Waals surface area contributed by atoms with Crippen LogP contribution in [0.15, 0.2) is 24.3 Å². The number of carbonyl (C=O) groups excluding carboxylic acids is 1. The first-order valence-corrected chi connectivity index (χ1v) is 5.77. The zero-order valence-electron chi connectivity index (χ0n) is 10.8. The molecule has 4 nitrogen and oxygen atoms in total. The van der Waals surface area contributed by atoms with Crippen molar-refractivity contribution in [2.24, 2.45) is 0 Å². The monoisotopic (exact) mass is 236 g/mol. The van der Waals surface area contributed by atoms with Crippen LogP contribution in [-0.2, 0) is 4.79 Å².